The summed E-state index contributed by atoms with van der Waals surface area (Å²) >= 11 is 0. The highest BCUT2D eigenvalue weighted by Gasteiger charge is 2.21. The van der Waals surface area contributed by atoms with Gasteiger partial charge in [0.05, 0.1) is 6.61 Å². The topological polar surface area (TPSA) is 44.7 Å². The molecule has 0 saturated heterocycles. The summed E-state index contributed by atoms with van der Waals surface area (Å²) in [5, 5.41) is 12.9. The van der Waals surface area contributed by atoms with E-state index in [-0.39, 0.29) is 12.1 Å². The average molecular weight is 274 g/mol. The molecule has 1 unspecified atom stereocenters. The van der Waals surface area contributed by atoms with E-state index in [4.69, 9.17) is 4.74 Å². The number of aliphatic hydroxyl groups is 1. The number of hydrogen-bond donors (Lipinski definition) is 2. The molecule has 0 aliphatic heterocycles. The van der Waals surface area contributed by atoms with E-state index in [1.54, 1.807) is 7.11 Å². The summed E-state index contributed by atoms with van der Waals surface area (Å²) in [7, 11) is 3.91. The van der Waals surface area contributed by atoms with Crippen molar-refractivity contribution in [3.8, 4) is 0 Å². The van der Waals surface area contributed by atoms with Crippen molar-refractivity contribution in [2.24, 2.45) is 0 Å². The lowest BCUT2D eigenvalue weighted by atomic mass is 9.95. The molecule has 4 nitrogen and oxygen atoms in total. The highest BCUT2D eigenvalue weighted by Crippen LogP contribution is 2.13. The van der Waals surface area contributed by atoms with Gasteiger partial charge in [0.15, 0.2) is 0 Å². The molecular weight excluding hydrogens is 240 g/mol. The zero-order valence-electron chi connectivity index (χ0n) is 13.4. The van der Waals surface area contributed by atoms with Crippen molar-refractivity contribution in [2.75, 3.05) is 47.0 Å². The van der Waals surface area contributed by atoms with Gasteiger partial charge in [-0.15, -0.1) is 0 Å². The zero-order valence-corrected chi connectivity index (χ0v) is 13.4. The fourth-order valence-corrected chi connectivity index (χ4v) is 2.14. The van der Waals surface area contributed by atoms with Gasteiger partial charge in [-0.2, -0.15) is 0 Å². The van der Waals surface area contributed by atoms with E-state index in [9.17, 15) is 5.11 Å². The van der Waals surface area contributed by atoms with E-state index in [1.807, 2.05) is 0 Å². The van der Waals surface area contributed by atoms with Gasteiger partial charge in [-0.1, -0.05) is 13.3 Å². The highest BCUT2D eigenvalue weighted by atomic mass is 16.5. The number of nitrogens with one attached hydrogen (secondary N) is 1. The molecule has 2 N–H and O–H groups in total. The van der Waals surface area contributed by atoms with Crippen LogP contribution in [-0.2, 0) is 4.74 Å². The predicted molar refractivity (Wildman–Crippen MR) is 81.6 cm³/mol. The van der Waals surface area contributed by atoms with Crippen LogP contribution in [0.25, 0.3) is 0 Å². The van der Waals surface area contributed by atoms with Crippen LogP contribution < -0.4 is 5.32 Å². The minimum Gasteiger partial charge on any atom is -0.394 e. The summed E-state index contributed by atoms with van der Waals surface area (Å²) in [5.41, 5.74) is -0.107. The maximum atomic E-state index is 9.48. The van der Waals surface area contributed by atoms with Crippen LogP contribution in [0.4, 0.5) is 0 Å². The maximum absolute atomic E-state index is 9.48. The van der Waals surface area contributed by atoms with Gasteiger partial charge in [-0.3, -0.25) is 0 Å². The lowest BCUT2D eigenvalue weighted by Gasteiger charge is -2.29. The van der Waals surface area contributed by atoms with Crippen LogP contribution in [0, 0.1) is 0 Å². The average Bonchev–Trinajstić information content (AvgIpc) is 2.42. The molecule has 0 heterocycles. The number of nitrogens with zero attached hydrogens (tertiary/aromatic N) is 1. The van der Waals surface area contributed by atoms with Crippen LogP contribution in [0.2, 0.25) is 0 Å². The van der Waals surface area contributed by atoms with Gasteiger partial charge in [-0.25, -0.2) is 0 Å². The summed E-state index contributed by atoms with van der Waals surface area (Å²) in [4.78, 5) is 2.36. The molecule has 116 valence electrons. The number of ether oxygens (including phenoxy) is 1. The lowest BCUT2D eigenvalue weighted by Crippen LogP contribution is -2.46. The van der Waals surface area contributed by atoms with Crippen molar-refractivity contribution in [1.29, 1.82) is 0 Å². The standard InChI is InChI=1S/C15H34N2O2/c1-5-10-16-15(2,14-18)9-6-7-11-17(3)12-8-13-19-4/h16,18H,5-14H2,1-4H3. The van der Waals surface area contributed by atoms with Crippen molar-refractivity contribution in [1.82, 2.24) is 10.2 Å². The highest BCUT2D eigenvalue weighted by molar-refractivity contribution is 4.81. The summed E-state index contributed by atoms with van der Waals surface area (Å²) in [6.45, 7) is 8.53. The minimum absolute atomic E-state index is 0.107. The SMILES string of the molecule is CCCNC(C)(CO)CCCCN(C)CCCOC. The Bertz CT molecular complexity index is 203. The number of rotatable bonds is 13. The number of methoxy groups -OCH3 is 1. The number of aliphatic hydroxyl groups excluding tert-OH is 1. The second-order valence-electron chi connectivity index (χ2n) is 5.75. The Kier molecular flexibility index (Phi) is 11.6. The smallest absolute Gasteiger partial charge is 0.0610 e. The first-order valence-corrected chi connectivity index (χ1v) is 7.61. The molecule has 0 aromatic carbocycles. The Labute approximate surface area is 119 Å². The van der Waals surface area contributed by atoms with Crippen LogP contribution in [-0.4, -0.2) is 62.6 Å². The van der Waals surface area contributed by atoms with Gasteiger partial charge in [0.2, 0.25) is 0 Å². The molecule has 1 atom stereocenters. The van der Waals surface area contributed by atoms with Gasteiger partial charge in [-0.05, 0) is 52.7 Å². The predicted octanol–water partition coefficient (Wildman–Crippen LogP) is 1.88. The van der Waals surface area contributed by atoms with Gasteiger partial charge in [0.1, 0.15) is 0 Å². The van der Waals surface area contributed by atoms with Crippen LogP contribution in [0.1, 0.15) is 46.0 Å². The van der Waals surface area contributed by atoms with Gasteiger partial charge >= 0.3 is 0 Å². The molecule has 0 spiro atoms. The van der Waals surface area contributed by atoms with Crippen LogP contribution in [0.15, 0.2) is 0 Å². The number of hydrogen-bond acceptors (Lipinski definition) is 4. The Morgan fingerprint density at radius 1 is 1.21 bits per heavy atom. The monoisotopic (exact) mass is 274 g/mol. The molecule has 0 rings (SSSR count). The van der Waals surface area contributed by atoms with Crippen LogP contribution in [0.5, 0.6) is 0 Å². The number of unbranched alkanes of at least 4 members (excludes halogenated alkanes) is 1. The summed E-state index contributed by atoms with van der Waals surface area (Å²) in [5.74, 6) is 0. The molecule has 4 heteroatoms. The van der Waals surface area contributed by atoms with E-state index in [1.165, 1.54) is 6.42 Å². The Morgan fingerprint density at radius 3 is 2.47 bits per heavy atom. The third-order valence-electron chi connectivity index (χ3n) is 3.56. The van der Waals surface area contributed by atoms with Gasteiger partial charge in [0, 0.05) is 25.8 Å². The Balaban J connectivity index is 3.64. The molecule has 0 fully saturated rings. The van der Waals surface area contributed by atoms with Crippen LogP contribution in [0.3, 0.4) is 0 Å². The fourth-order valence-electron chi connectivity index (χ4n) is 2.14. The first-order chi connectivity index (χ1) is 9.08. The van der Waals surface area contributed by atoms with Crippen molar-refractivity contribution in [3.63, 3.8) is 0 Å². The van der Waals surface area contributed by atoms with Crippen molar-refractivity contribution in [3.05, 3.63) is 0 Å². The van der Waals surface area contributed by atoms with Crippen molar-refractivity contribution < 1.29 is 9.84 Å². The molecule has 0 aromatic heterocycles. The van der Waals surface area contributed by atoms with E-state index in [2.05, 4.69) is 31.1 Å². The molecule has 0 saturated carbocycles. The second-order valence-corrected chi connectivity index (χ2v) is 5.75. The molecule has 0 aromatic rings. The summed E-state index contributed by atoms with van der Waals surface area (Å²) < 4.78 is 5.05. The molecule has 0 aliphatic rings. The Morgan fingerprint density at radius 2 is 1.89 bits per heavy atom. The molecular formula is C15H34N2O2. The van der Waals surface area contributed by atoms with Crippen molar-refractivity contribution in [2.45, 2.75) is 51.5 Å². The third kappa shape index (κ3) is 10.3. The lowest BCUT2D eigenvalue weighted by molar-refractivity contribution is 0.160. The first-order valence-electron chi connectivity index (χ1n) is 7.61. The maximum Gasteiger partial charge on any atom is 0.0610 e. The van der Waals surface area contributed by atoms with Crippen LogP contribution >= 0.6 is 0 Å². The van der Waals surface area contributed by atoms with Gasteiger partial charge < -0.3 is 20.1 Å². The minimum atomic E-state index is -0.107. The fraction of sp³-hybridized carbons (Fsp3) is 1.00. The quantitative estimate of drug-likeness (QED) is 0.503. The van der Waals surface area contributed by atoms with E-state index in [0.29, 0.717) is 0 Å². The molecule has 19 heavy (non-hydrogen) atoms. The van der Waals surface area contributed by atoms with E-state index >= 15 is 0 Å². The molecule has 0 radical (unpaired) electrons. The summed E-state index contributed by atoms with van der Waals surface area (Å²) in [6.07, 6.45) is 5.59. The normalized spacial score (nSPS) is 14.8. The Hall–Kier alpha value is -0.160. The molecule has 0 aliphatic carbocycles. The van der Waals surface area contributed by atoms with E-state index in [0.717, 1.165) is 51.9 Å². The molecule has 0 bridgehead atoms. The zero-order chi connectivity index (χ0) is 14.6. The third-order valence-corrected chi connectivity index (χ3v) is 3.56. The molecule has 0 amide bonds. The second kappa shape index (κ2) is 11.6. The first kappa shape index (κ1) is 18.8. The van der Waals surface area contributed by atoms with Gasteiger partial charge in [0.25, 0.3) is 0 Å². The summed E-state index contributed by atoms with van der Waals surface area (Å²) in [6, 6.07) is 0. The largest absolute Gasteiger partial charge is 0.394 e. The van der Waals surface area contributed by atoms with E-state index < -0.39 is 0 Å². The van der Waals surface area contributed by atoms with Crippen molar-refractivity contribution >= 4 is 0 Å².